The van der Waals surface area contributed by atoms with Gasteiger partial charge in [-0.2, -0.15) is 0 Å². The van der Waals surface area contributed by atoms with E-state index in [0.29, 0.717) is 24.6 Å². The predicted molar refractivity (Wildman–Crippen MR) is 74.8 cm³/mol. The van der Waals surface area contributed by atoms with E-state index in [1.165, 1.54) is 6.33 Å². The van der Waals surface area contributed by atoms with Gasteiger partial charge >= 0.3 is 0 Å². The van der Waals surface area contributed by atoms with Crippen molar-refractivity contribution in [3.63, 3.8) is 0 Å². The maximum absolute atomic E-state index is 12.2. The number of fused-ring (bicyclic) bond motifs is 1. The van der Waals surface area contributed by atoms with Crippen molar-refractivity contribution in [3.05, 3.63) is 48.0 Å². The standard InChI is InChI=1S/C15H15N3O3/c1-20-12-3-2-4-13(5-12)21-9-15(19)18-7-11-6-16-10-17-14(11)8-18/h2-6,10H,7-9H2,1H3. The smallest absolute Gasteiger partial charge is 0.261 e. The summed E-state index contributed by atoms with van der Waals surface area (Å²) in [5.74, 6) is 1.24. The van der Waals surface area contributed by atoms with Gasteiger partial charge in [-0.1, -0.05) is 6.07 Å². The Labute approximate surface area is 122 Å². The molecule has 0 atom stereocenters. The van der Waals surface area contributed by atoms with Crippen molar-refractivity contribution in [1.29, 1.82) is 0 Å². The average Bonchev–Trinajstić information content (AvgIpc) is 2.97. The highest BCUT2D eigenvalue weighted by Crippen LogP contribution is 2.21. The van der Waals surface area contributed by atoms with Crippen LogP contribution in [0.3, 0.4) is 0 Å². The van der Waals surface area contributed by atoms with E-state index in [9.17, 15) is 4.79 Å². The van der Waals surface area contributed by atoms with Crippen LogP contribution < -0.4 is 9.47 Å². The zero-order chi connectivity index (χ0) is 14.7. The molecular formula is C15H15N3O3. The summed E-state index contributed by atoms with van der Waals surface area (Å²) in [6, 6.07) is 7.18. The van der Waals surface area contributed by atoms with Gasteiger partial charge in [0.05, 0.1) is 19.3 Å². The molecule has 0 fully saturated rings. The van der Waals surface area contributed by atoms with Gasteiger partial charge in [0.2, 0.25) is 0 Å². The topological polar surface area (TPSA) is 64.6 Å². The Hall–Kier alpha value is -2.63. The first kappa shape index (κ1) is 13.4. The minimum Gasteiger partial charge on any atom is -0.497 e. The van der Waals surface area contributed by atoms with Crippen molar-refractivity contribution >= 4 is 5.91 Å². The number of benzene rings is 1. The third-order valence-electron chi connectivity index (χ3n) is 3.34. The Kier molecular flexibility index (Phi) is 3.68. The SMILES string of the molecule is COc1cccc(OCC(=O)N2Cc3cncnc3C2)c1. The van der Waals surface area contributed by atoms with Gasteiger partial charge < -0.3 is 14.4 Å². The van der Waals surface area contributed by atoms with Gasteiger partial charge in [-0.15, -0.1) is 0 Å². The van der Waals surface area contributed by atoms with Crippen molar-refractivity contribution in [3.8, 4) is 11.5 Å². The van der Waals surface area contributed by atoms with Crippen molar-refractivity contribution in [2.45, 2.75) is 13.1 Å². The van der Waals surface area contributed by atoms with Crippen LogP contribution in [0.1, 0.15) is 11.3 Å². The number of hydrogen-bond acceptors (Lipinski definition) is 5. The molecule has 0 N–H and O–H groups in total. The molecule has 1 aliphatic heterocycles. The van der Waals surface area contributed by atoms with Gasteiger partial charge in [0, 0.05) is 24.4 Å². The first-order chi connectivity index (χ1) is 10.3. The maximum Gasteiger partial charge on any atom is 0.261 e. The first-order valence-corrected chi connectivity index (χ1v) is 6.58. The van der Waals surface area contributed by atoms with Crippen LogP contribution in [0.15, 0.2) is 36.8 Å². The van der Waals surface area contributed by atoms with Crippen molar-refractivity contribution in [1.82, 2.24) is 14.9 Å². The summed E-state index contributed by atoms with van der Waals surface area (Å²) in [6.45, 7) is 1.04. The van der Waals surface area contributed by atoms with Gasteiger partial charge in [0.1, 0.15) is 17.8 Å². The Morgan fingerprint density at radius 2 is 2.19 bits per heavy atom. The molecule has 6 heteroatoms. The summed E-state index contributed by atoms with van der Waals surface area (Å²) >= 11 is 0. The average molecular weight is 285 g/mol. The normalized spacial score (nSPS) is 12.9. The van der Waals surface area contributed by atoms with E-state index >= 15 is 0 Å². The van der Waals surface area contributed by atoms with E-state index in [-0.39, 0.29) is 12.5 Å². The van der Waals surface area contributed by atoms with E-state index < -0.39 is 0 Å². The van der Waals surface area contributed by atoms with Crippen LogP contribution in [0.25, 0.3) is 0 Å². The molecular weight excluding hydrogens is 270 g/mol. The highest BCUT2D eigenvalue weighted by Gasteiger charge is 2.24. The molecule has 0 saturated heterocycles. The van der Waals surface area contributed by atoms with Crippen LogP contribution in [0.5, 0.6) is 11.5 Å². The molecule has 2 heterocycles. The fourth-order valence-corrected chi connectivity index (χ4v) is 2.20. The Balaban J connectivity index is 1.58. The number of amides is 1. The van der Waals surface area contributed by atoms with Gasteiger partial charge in [-0.05, 0) is 12.1 Å². The number of carbonyl (C=O) groups is 1. The maximum atomic E-state index is 12.2. The molecule has 108 valence electrons. The molecule has 21 heavy (non-hydrogen) atoms. The van der Waals surface area contributed by atoms with Crippen LogP contribution in [0.2, 0.25) is 0 Å². The molecule has 2 aromatic rings. The highest BCUT2D eigenvalue weighted by atomic mass is 16.5. The number of ether oxygens (including phenoxy) is 2. The summed E-state index contributed by atoms with van der Waals surface area (Å²) in [5, 5.41) is 0. The molecule has 6 nitrogen and oxygen atoms in total. The molecule has 0 saturated carbocycles. The Morgan fingerprint density at radius 3 is 3.00 bits per heavy atom. The van der Waals surface area contributed by atoms with Crippen molar-refractivity contribution in [2.24, 2.45) is 0 Å². The van der Waals surface area contributed by atoms with E-state index in [4.69, 9.17) is 9.47 Å². The molecule has 0 bridgehead atoms. The lowest BCUT2D eigenvalue weighted by Crippen LogP contribution is -2.30. The second-order valence-corrected chi connectivity index (χ2v) is 4.71. The van der Waals surface area contributed by atoms with E-state index in [1.54, 1.807) is 30.3 Å². The summed E-state index contributed by atoms with van der Waals surface area (Å²) in [7, 11) is 1.59. The second-order valence-electron chi connectivity index (χ2n) is 4.71. The van der Waals surface area contributed by atoms with E-state index in [2.05, 4.69) is 9.97 Å². The van der Waals surface area contributed by atoms with Crippen LogP contribution >= 0.6 is 0 Å². The lowest BCUT2D eigenvalue weighted by Gasteiger charge is -2.15. The molecule has 3 rings (SSSR count). The predicted octanol–water partition coefficient (Wildman–Crippen LogP) is 1.41. The zero-order valence-corrected chi connectivity index (χ0v) is 11.7. The quantitative estimate of drug-likeness (QED) is 0.849. The highest BCUT2D eigenvalue weighted by molar-refractivity contribution is 5.78. The largest absolute Gasteiger partial charge is 0.497 e. The van der Waals surface area contributed by atoms with Crippen LogP contribution in [-0.2, 0) is 17.9 Å². The third kappa shape index (κ3) is 2.94. The number of carbonyl (C=O) groups excluding carboxylic acids is 1. The van der Waals surface area contributed by atoms with Gasteiger partial charge in [0.15, 0.2) is 6.61 Å². The molecule has 1 aromatic heterocycles. The molecule has 1 aromatic carbocycles. The summed E-state index contributed by atoms with van der Waals surface area (Å²) in [6.07, 6.45) is 3.25. The third-order valence-corrected chi connectivity index (χ3v) is 3.34. The number of rotatable bonds is 4. The number of nitrogens with zero attached hydrogens (tertiary/aromatic N) is 3. The lowest BCUT2D eigenvalue weighted by atomic mass is 10.3. The molecule has 1 amide bonds. The van der Waals surface area contributed by atoms with Gasteiger partial charge in [-0.3, -0.25) is 4.79 Å². The molecule has 1 aliphatic rings. The van der Waals surface area contributed by atoms with Crippen molar-refractivity contribution < 1.29 is 14.3 Å². The number of hydrogen-bond donors (Lipinski definition) is 0. The Bertz CT molecular complexity index is 635. The van der Waals surface area contributed by atoms with E-state index in [0.717, 1.165) is 11.3 Å². The first-order valence-electron chi connectivity index (χ1n) is 6.58. The molecule has 0 aliphatic carbocycles. The fraction of sp³-hybridized carbons (Fsp3) is 0.267. The molecule has 0 spiro atoms. The van der Waals surface area contributed by atoms with Gasteiger partial charge in [0.25, 0.3) is 5.91 Å². The summed E-state index contributed by atoms with van der Waals surface area (Å²) < 4.78 is 10.6. The number of methoxy groups -OCH3 is 1. The van der Waals surface area contributed by atoms with E-state index in [1.807, 2.05) is 12.1 Å². The van der Waals surface area contributed by atoms with Crippen LogP contribution in [0, 0.1) is 0 Å². The van der Waals surface area contributed by atoms with Gasteiger partial charge in [-0.25, -0.2) is 9.97 Å². The molecule has 0 radical (unpaired) electrons. The summed E-state index contributed by atoms with van der Waals surface area (Å²) in [5.41, 5.74) is 1.90. The fourth-order valence-electron chi connectivity index (χ4n) is 2.20. The zero-order valence-electron chi connectivity index (χ0n) is 11.7. The number of aromatic nitrogens is 2. The molecule has 0 unspecified atom stereocenters. The van der Waals surface area contributed by atoms with Crippen LogP contribution in [-0.4, -0.2) is 34.5 Å². The second kappa shape index (κ2) is 5.78. The minimum absolute atomic E-state index is 0.00537. The van der Waals surface area contributed by atoms with Crippen LogP contribution in [0.4, 0.5) is 0 Å². The summed E-state index contributed by atoms with van der Waals surface area (Å²) in [4.78, 5) is 22.0. The minimum atomic E-state index is -0.0733. The van der Waals surface area contributed by atoms with Crippen molar-refractivity contribution in [2.75, 3.05) is 13.7 Å². The lowest BCUT2D eigenvalue weighted by molar-refractivity contribution is -0.134. The monoisotopic (exact) mass is 285 g/mol. The Morgan fingerprint density at radius 1 is 1.33 bits per heavy atom.